The van der Waals surface area contributed by atoms with E-state index in [1.807, 2.05) is 54.3 Å². The van der Waals surface area contributed by atoms with E-state index < -0.39 is 0 Å². The Bertz CT molecular complexity index is 728. The van der Waals surface area contributed by atoms with Crippen molar-refractivity contribution in [3.63, 3.8) is 0 Å². The number of nitrogens with zero attached hydrogens (tertiary/aromatic N) is 1. The third-order valence-electron chi connectivity index (χ3n) is 5.13. The number of benzene rings is 2. The lowest BCUT2D eigenvalue weighted by Crippen LogP contribution is -2.67. The molecule has 4 rings (SSSR count). The van der Waals surface area contributed by atoms with Crippen LogP contribution in [0.25, 0.3) is 0 Å². The topological polar surface area (TPSA) is 38.8 Å². The van der Waals surface area contributed by atoms with E-state index in [-0.39, 0.29) is 30.1 Å². The SMILES string of the molecule is COc1ccc(N2C(=O)[C@@H]3[C@H](C)O[C@@H](c4ccccc4)C[C@@H]32)cc1. The standard InChI is InChI=1S/C20H21NO3/c1-13-19-17(12-18(24-13)14-6-4-3-5-7-14)21(20(19)22)15-8-10-16(23-2)11-9-15/h3-11,13,17-19H,12H2,1-2H3/t13-,17-,18+,19+/m0/s1. The van der Waals surface area contributed by atoms with E-state index in [2.05, 4.69) is 12.1 Å². The van der Waals surface area contributed by atoms with Gasteiger partial charge in [0.25, 0.3) is 0 Å². The molecule has 2 fully saturated rings. The molecule has 2 aliphatic heterocycles. The monoisotopic (exact) mass is 323 g/mol. The fraction of sp³-hybridized carbons (Fsp3) is 0.350. The van der Waals surface area contributed by atoms with Crippen molar-refractivity contribution in [2.75, 3.05) is 12.0 Å². The molecular formula is C20H21NO3. The second-order valence-corrected chi connectivity index (χ2v) is 6.48. The van der Waals surface area contributed by atoms with Gasteiger partial charge in [-0.05, 0) is 43.2 Å². The highest BCUT2D eigenvalue weighted by Crippen LogP contribution is 2.45. The number of anilines is 1. The summed E-state index contributed by atoms with van der Waals surface area (Å²) in [6.45, 7) is 2.01. The summed E-state index contributed by atoms with van der Waals surface area (Å²) in [4.78, 5) is 14.5. The predicted molar refractivity (Wildman–Crippen MR) is 92.1 cm³/mol. The van der Waals surface area contributed by atoms with E-state index in [9.17, 15) is 4.79 Å². The van der Waals surface area contributed by atoms with Crippen LogP contribution in [0.15, 0.2) is 54.6 Å². The molecule has 4 heteroatoms. The van der Waals surface area contributed by atoms with Crippen molar-refractivity contribution in [2.24, 2.45) is 5.92 Å². The van der Waals surface area contributed by atoms with Gasteiger partial charge >= 0.3 is 0 Å². The molecule has 2 aliphatic rings. The van der Waals surface area contributed by atoms with Crippen molar-refractivity contribution in [1.29, 1.82) is 0 Å². The Morgan fingerprint density at radius 2 is 1.79 bits per heavy atom. The lowest BCUT2D eigenvalue weighted by molar-refractivity contribution is -0.154. The summed E-state index contributed by atoms with van der Waals surface area (Å²) in [7, 11) is 1.64. The Labute approximate surface area is 142 Å². The molecule has 124 valence electrons. The molecule has 2 aromatic rings. The van der Waals surface area contributed by atoms with Gasteiger partial charge in [-0.3, -0.25) is 4.79 Å². The maximum Gasteiger partial charge on any atom is 0.235 e. The van der Waals surface area contributed by atoms with Gasteiger partial charge in [-0.15, -0.1) is 0 Å². The first-order valence-corrected chi connectivity index (χ1v) is 8.36. The predicted octanol–water partition coefficient (Wildman–Crippen LogP) is 3.58. The Morgan fingerprint density at radius 3 is 2.46 bits per heavy atom. The fourth-order valence-electron chi connectivity index (χ4n) is 3.90. The van der Waals surface area contributed by atoms with Gasteiger partial charge < -0.3 is 14.4 Å². The molecule has 4 atom stereocenters. The van der Waals surface area contributed by atoms with Gasteiger partial charge in [0.15, 0.2) is 0 Å². The van der Waals surface area contributed by atoms with E-state index in [0.29, 0.717) is 0 Å². The summed E-state index contributed by atoms with van der Waals surface area (Å²) >= 11 is 0. The van der Waals surface area contributed by atoms with Crippen molar-refractivity contribution < 1.29 is 14.3 Å². The molecule has 0 aromatic heterocycles. The van der Waals surface area contributed by atoms with Gasteiger partial charge in [0.1, 0.15) is 5.75 Å². The number of β-lactam (4-membered cyclic amide) rings is 1. The van der Waals surface area contributed by atoms with E-state index in [1.165, 1.54) is 5.56 Å². The number of amides is 1. The normalized spacial score (nSPS) is 28.9. The maximum absolute atomic E-state index is 12.6. The summed E-state index contributed by atoms with van der Waals surface area (Å²) in [5.74, 6) is 0.919. The molecule has 0 spiro atoms. The molecule has 0 radical (unpaired) electrons. The third kappa shape index (κ3) is 2.38. The number of ether oxygens (including phenoxy) is 2. The van der Waals surface area contributed by atoms with E-state index in [1.54, 1.807) is 7.11 Å². The summed E-state index contributed by atoms with van der Waals surface area (Å²) < 4.78 is 11.3. The first kappa shape index (κ1) is 15.2. The molecule has 0 unspecified atom stereocenters. The van der Waals surface area contributed by atoms with Crippen LogP contribution in [0, 0.1) is 5.92 Å². The lowest BCUT2D eigenvalue weighted by atomic mass is 9.76. The van der Waals surface area contributed by atoms with Gasteiger partial charge in [-0.1, -0.05) is 30.3 Å². The lowest BCUT2D eigenvalue weighted by Gasteiger charge is -2.54. The second kappa shape index (κ2) is 5.95. The molecule has 4 nitrogen and oxygen atoms in total. The summed E-state index contributed by atoms with van der Waals surface area (Å²) in [6.07, 6.45) is 0.809. The minimum absolute atomic E-state index is 0.0351. The first-order valence-electron chi connectivity index (χ1n) is 8.36. The van der Waals surface area contributed by atoms with Crippen molar-refractivity contribution >= 4 is 11.6 Å². The zero-order valence-electron chi connectivity index (χ0n) is 13.9. The van der Waals surface area contributed by atoms with Crippen LogP contribution in [-0.4, -0.2) is 25.2 Å². The summed E-state index contributed by atoms with van der Waals surface area (Å²) in [5, 5.41) is 0. The highest BCUT2D eigenvalue weighted by atomic mass is 16.5. The average molecular weight is 323 g/mol. The summed E-state index contributed by atoms with van der Waals surface area (Å²) in [5.41, 5.74) is 2.11. The van der Waals surface area contributed by atoms with Gasteiger partial charge in [0.2, 0.25) is 5.91 Å². The Kier molecular flexibility index (Phi) is 3.77. The molecule has 0 aliphatic carbocycles. The van der Waals surface area contributed by atoms with Crippen LogP contribution in [0.5, 0.6) is 5.75 Å². The van der Waals surface area contributed by atoms with Crippen LogP contribution in [-0.2, 0) is 9.53 Å². The number of rotatable bonds is 3. The van der Waals surface area contributed by atoms with Crippen LogP contribution in [0.3, 0.4) is 0 Å². The quantitative estimate of drug-likeness (QED) is 0.811. The average Bonchev–Trinajstić information content (AvgIpc) is 2.62. The minimum Gasteiger partial charge on any atom is -0.497 e. The van der Waals surface area contributed by atoms with Crippen LogP contribution in [0.2, 0.25) is 0 Å². The number of carbonyl (C=O) groups is 1. The molecule has 1 amide bonds. The highest BCUT2D eigenvalue weighted by Gasteiger charge is 2.54. The molecular weight excluding hydrogens is 302 g/mol. The molecule has 24 heavy (non-hydrogen) atoms. The van der Waals surface area contributed by atoms with Crippen molar-refractivity contribution in [2.45, 2.75) is 31.6 Å². The molecule has 2 aromatic carbocycles. The second-order valence-electron chi connectivity index (χ2n) is 6.48. The van der Waals surface area contributed by atoms with Crippen molar-refractivity contribution in [3.8, 4) is 5.75 Å². The largest absolute Gasteiger partial charge is 0.497 e. The van der Waals surface area contributed by atoms with Crippen molar-refractivity contribution in [3.05, 3.63) is 60.2 Å². The molecule has 2 saturated heterocycles. The van der Waals surface area contributed by atoms with E-state index in [4.69, 9.17) is 9.47 Å². The number of hydrogen-bond donors (Lipinski definition) is 0. The fourth-order valence-corrected chi connectivity index (χ4v) is 3.90. The van der Waals surface area contributed by atoms with Gasteiger partial charge in [0, 0.05) is 5.69 Å². The van der Waals surface area contributed by atoms with Gasteiger partial charge in [-0.2, -0.15) is 0 Å². The van der Waals surface area contributed by atoms with Crippen LogP contribution < -0.4 is 9.64 Å². The maximum atomic E-state index is 12.6. The van der Waals surface area contributed by atoms with Crippen molar-refractivity contribution in [1.82, 2.24) is 0 Å². The highest BCUT2D eigenvalue weighted by molar-refractivity contribution is 6.03. The van der Waals surface area contributed by atoms with E-state index >= 15 is 0 Å². The zero-order valence-corrected chi connectivity index (χ0v) is 13.9. The summed E-state index contributed by atoms with van der Waals surface area (Å²) in [6, 6.07) is 18.1. The van der Waals surface area contributed by atoms with Crippen LogP contribution in [0.4, 0.5) is 5.69 Å². The molecule has 0 saturated carbocycles. The number of fused-ring (bicyclic) bond motifs is 1. The Balaban J connectivity index is 1.58. The molecule has 2 heterocycles. The number of carbonyl (C=O) groups excluding carboxylic acids is 1. The molecule has 0 N–H and O–H groups in total. The Morgan fingerprint density at radius 1 is 1.08 bits per heavy atom. The number of hydrogen-bond acceptors (Lipinski definition) is 3. The molecule has 0 bridgehead atoms. The third-order valence-corrected chi connectivity index (χ3v) is 5.13. The first-order chi connectivity index (χ1) is 11.7. The van der Waals surface area contributed by atoms with Crippen LogP contribution in [0.1, 0.15) is 25.0 Å². The van der Waals surface area contributed by atoms with E-state index in [0.717, 1.165) is 17.9 Å². The smallest absolute Gasteiger partial charge is 0.235 e. The van der Waals surface area contributed by atoms with Gasteiger partial charge in [0.05, 0.1) is 31.3 Å². The zero-order chi connectivity index (χ0) is 16.7. The number of methoxy groups -OCH3 is 1. The van der Waals surface area contributed by atoms with Gasteiger partial charge in [-0.25, -0.2) is 0 Å². The minimum atomic E-state index is -0.0593. The Hall–Kier alpha value is -2.33. The van der Waals surface area contributed by atoms with Crippen LogP contribution >= 0.6 is 0 Å².